The molecule has 108 valence electrons. The molecule has 0 bridgehead atoms. The molecule has 0 saturated carbocycles. The standard InChI is InChI=1S/C15H22N4O/c1-5-8-19-9-6-7-11(19)14(20)16-13-10-12(17-18-13)15(2,3)4/h6-7,9-10H,5,8H2,1-4H3,(H2,16,17,18,20). The molecule has 0 aliphatic heterocycles. The Morgan fingerprint density at radius 3 is 2.80 bits per heavy atom. The fraction of sp³-hybridized carbons (Fsp3) is 0.467. The molecule has 5 nitrogen and oxygen atoms in total. The molecule has 2 aromatic heterocycles. The summed E-state index contributed by atoms with van der Waals surface area (Å²) in [6, 6.07) is 5.59. The Kier molecular flexibility index (Phi) is 3.97. The number of hydrogen-bond acceptors (Lipinski definition) is 2. The largest absolute Gasteiger partial charge is 0.344 e. The molecule has 2 N–H and O–H groups in total. The van der Waals surface area contributed by atoms with Crippen molar-refractivity contribution in [1.29, 1.82) is 0 Å². The van der Waals surface area contributed by atoms with Gasteiger partial charge in [-0.05, 0) is 18.6 Å². The summed E-state index contributed by atoms with van der Waals surface area (Å²) in [6.45, 7) is 9.21. The predicted octanol–water partition coefficient (Wildman–Crippen LogP) is 3.17. The maximum absolute atomic E-state index is 12.2. The number of hydrogen-bond donors (Lipinski definition) is 2. The van der Waals surface area contributed by atoms with Crippen molar-refractivity contribution >= 4 is 11.7 Å². The number of aromatic amines is 1. The van der Waals surface area contributed by atoms with Gasteiger partial charge < -0.3 is 9.88 Å². The smallest absolute Gasteiger partial charge is 0.273 e. The van der Waals surface area contributed by atoms with Gasteiger partial charge >= 0.3 is 0 Å². The van der Waals surface area contributed by atoms with Crippen molar-refractivity contribution in [2.45, 2.75) is 46.1 Å². The Balaban J connectivity index is 2.11. The van der Waals surface area contributed by atoms with Crippen molar-refractivity contribution in [2.75, 3.05) is 5.32 Å². The second-order valence-electron chi connectivity index (χ2n) is 5.96. The van der Waals surface area contributed by atoms with E-state index in [2.05, 4.69) is 43.2 Å². The number of nitrogens with zero attached hydrogens (tertiary/aromatic N) is 2. The van der Waals surface area contributed by atoms with Crippen LogP contribution in [0, 0.1) is 0 Å². The molecule has 0 saturated heterocycles. The monoisotopic (exact) mass is 274 g/mol. The number of aromatic nitrogens is 3. The molecular weight excluding hydrogens is 252 g/mol. The topological polar surface area (TPSA) is 62.7 Å². The highest BCUT2D eigenvalue weighted by Gasteiger charge is 2.18. The molecular formula is C15H22N4O. The Bertz CT molecular complexity index is 589. The van der Waals surface area contributed by atoms with Gasteiger partial charge in [-0.3, -0.25) is 9.89 Å². The van der Waals surface area contributed by atoms with Gasteiger partial charge in [-0.2, -0.15) is 5.10 Å². The van der Waals surface area contributed by atoms with Gasteiger partial charge in [-0.25, -0.2) is 0 Å². The summed E-state index contributed by atoms with van der Waals surface area (Å²) in [7, 11) is 0. The number of aryl methyl sites for hydroxylation is 1. The highest BCUT2D eigenvalue weighted by molar-refractivity contribution is 6.02. The second kappa shape index (κ2) is 5.53. The number of H-pyrrole nitrogens is 1. The van der Waals surface area contributed by atoms with Crippen molar-refractivity contribution in [1.82, 2.24) is 14.8 Å². The number of nitrogens with one attached hydrogen (secondary N) is 2. The molecule has 0 radical (unpaired) electrons. The van der Waals surface area contributed by atoms with Gasteiger partial charge in [-0.15, -0.1) is 0 Å². The van der Waals surface area contributed by atoms with Crippen LogP contribution in [0.4, 0.5) is 5.82 Å². The summed E-state index contributed by atoms with van der Waals surface area (Å²) in [5.74, 6) is 0.430. The fourth-order valence-corrected chi connectivity index (χ4v) is 2.01. The van der Waals surface area contributed by atoms with Gasteiger partial charge in [0.15, 0.2) is 5.82 Å². The highest BCUT2D eigenvalue weighted by Crippen LogP contribution is 2.22. The van der Waals surface area contributed by atoms with E-state index in [0.29, 0.717) is 11.5 Å². The van der Waals surface area contributed by atoms with Crippen LogP contribution < -0.4 is 5.32 Å². The van der Waals surface area contributed by atoms with Crippen LogP contribution >= 0.6 is 0 Å². The third kappa shape index (κ3) is 3.10. The van der Waals surface area contributed by atoms with E-state index in [1.165, 1.54) is 0 Å². The number of carbonyl (C=O) groups excluding carboxylic acids is 1. The average molecular weight is 274 g/mol. The van der Waals surface area contributed by atoms with E-state index in [9.17, 15) is 4.79 Å². The minimum Gasteiger partial charge on any atom is -0.344 e. The van der Waals surface area contributed by atoms with Crippen molar-refractivity contribution in [3.05, 3.63) is 35.8 Å². The SMILES string of the molecule is CCCn1cccc1C(=O)Nc1cc(C(C)(C)C)[nH]n1. The molecule has 2 heterocycles. The lowest BCUT2D eigenvalue weighted by atomic mass is 9.92. The van der Waals surface area contributed by atoms with Crippen LogP contribution in [0.5, 0.6) is 0 Å². The zero-order valence-corrected chi connectivity index (χ0v) is 12.5. The third-order valence-electron chi connectivity index (χ3n) is 3.15. The highest BCUT2D eigenvalue weighted by atomic mass is 16.2. The Hall–Kier alpha value is -2.04. The minimum atomic E-state index is -0.129. The van der Waals surface area contributed by atoms with Crippen LogP contribution in [0.15, 0.2) is 24.4 Å². The van der Waals surface area contributed by atoms with Crippen LogP contribution in [-0.2, 0) is 12.0 Å². The minimum absolute atomic E-state index is 0.0155. The van der Waals surface area contributed by atoms with E-state index in [1.54, 1.807) is 0 Å². The van der Waals surface area contributed by atoms with Crippen LogP contribution in [-0.4, -0.2) is 20.7 Å². The third-order valence-corrected chi connectivity index (χ3v) is 3.15. The number of amides is 1. The zero-order valence-electron chi connectivity index (χ0n) is 12.5. The summed E-state index contributed by atoms with van der Waals surface area (Å²) in [6.07, 6.45) is 2.91. The predicted molar refractivity (Wildman–Crippen MR) is 80.0 cm³/mol. The normalized spacial score (nSPS) is 11.6. The molecule has 0 aliphatic carbocycles. The van der Waals surface area contributed by atoms with Gasteiger partial charge in [-0.1, -0.05) is 27.7 Å². The van der Waals surface area contributed by atoms with E-state index < -0.39 is 0 Å². The lowest BCUT2D eigenvalue weighted by molar-refractivity contribution is 0.101. The molecule has 20 heavy (non-hydrogen) atoms. The van der Waals surface area contributed by atoms with Crippen LogP contribution in [0.2, 0.25) is 0 Å². The molecule has 2 rings (SSSR count). The summed E-state index contributed by atoms with van der Waals surface area (Å²) in [5.41, 5.74) is 1.64. The molecule has 0 aliphatic rings. The second-order valence-corrected chi connectivity index (χ2v) is 5.96. The molecule has 5 heteroatoms. The summed E-state index contributed by atoms with van der Waals surface area (Å²) in [5, 5.41) is 9.94. The number of carbonyl (C=O) groups is 1. The van der Waals surface area contributed by atoms with Gasteiger partial charge in [0.1, 0.15) is 5.69 Å². The van der Waals surface area contributed by atoms with Gasteiger partial charge in [0.2, 0.25) is 0 Å². The first-order valence-electron chi connectivity index (χ1n) is 6.94. The molecule has 2 aromatic rings. The van der Waals surface area contributed by atoms with Gasteiger partial charge in [0.25, 0.3) is 5.91 Å². The average Bonchev–Trinajstić information content (AvgIpc) is 2.97. The van der Waals surface area contributed by atoms with Crippen molar-refractivity contribution in [3.63, 3.8) is 0 Å². The summed E-state index contributed by atoms with van der Waals surface area (Å²) < 4.78 is 1.95. The van der Waals surface area contributed by atoms with Crippen molar-refractivity contribution < 1.29 is 4.79 Å². The molecule has 0 atom stereocenters. The maximum Gasteiger partial charge on any atom is 0.273 e. The van der Waals surface area contributed by atoms with Crippen LogP contribution in [0.25, 0.3) is 0 Å². The lowest BCUT2D eigenvalue weighted by Crippen LogP contribution is -2.17. The van der Waals surface area contributed by atoms with E-state index in [-0.39, 0.29) is 11.3 Å². The first kappa shape index (κ1) is 14.4. The molecule has 0 spiro atoms. The zero-order chi connectivity index (χ0) is 14.8. The van der Waals surface area contributed by atoms with Gasteiger partial charge in [0.05, 0.1) is 0 Å². The Labute approximate surface area is 119 Å². The van der Waals surface area contributed by atoms with E-state index >= 15 is 0 Å². The molecule has 0 unspecified atom stereocenters. The molecule has 1 amide bonds. The van der Waals surface area contributed by atoms with Crippen LogP contribution in [0.3, 0.4) is 0 Å². The van der Waals surface area contributed by atoms with E-state index in [4.69, 9.17) is 0 Å². The quantitative estimate of drug-likeness (QED) is 0.899. The first-order valence-corrected chi connectivity index (χ1v) is 6.94. The van der Waals surface area contributed by atoms with Crippen LogP contribution in [0.1, 0.15) is 50.3 Å². The summed E-state index contributed by atoms with van der Waals surface area (Å²) >= 11 is 0. The van der Waals surface area contributed by atoms with Crippen molar-refractivity contribution in [3.8, 4) is 0 Å². The fourth-order valence-electron chi connectivity index (χ4n) is 2.01. The number of anilines is 1. The van der Waals surface area contributed by atoms with E-state index in [1.807, 2.05) is 29.0 Å². The van der Waals surface area contributed by atoms with E-state index in [0.717, 1.165) is 18.7 Å². The Morgan fingerprint density at radius 1 is 1.45 bits per heavy atom. The number of rotatable bonds is 4. The summed E-state index contributed by atoms with van der Waals surface area (Å²) in [4.78, 5) is 12.2. The molecule has 0 aromatic carbocycles. The Morgan fingerprint density at radius 2 is 2.20 bits per heavy atom. The van der Waals surface area contributed by atoms with Crippen molar-refractivity contribution in [2.24, 2.45) is 0 Å². The maximum atomic E-state index is 12.2. The molecule has 0 fully saturated rings. The van der Waals surface area contributed by atoms with Gasteiger partial charge in [0, 0.05) is 29.9 Å². The first-order chi connectivity index (χ1) is 9.41. The lowest BCUT2D eigenvalue weighted by Gasteiger charge is -2.14.